The topological polar surface area (TPSA) is 66.8 Å². The van der Waals surface area contributed by atoms with Crippen molar-refractivity contribution in [2.24, 2.45) is 56.2 Å². The van der Waals surface area contributed by atoms with Gasteiger partial charge in [-0.15, -0.1) is 0 Å². The summed E-state index contributed by atoms with van der Waals surface area (Å²) >= 11 is 0. The summed E-state index contributed by atoms with van der Waals surface area (Å²) in [6.07, 6.45) is 21.6. The lowest BCUT2D eigenvalue weighted by atomic mass is 9.28. The molecule has 1 aliphatic heterocycles. The minimum absolute atomic E-state index is 0.0114. The van der Waals surface area contributed by atoms with E-state index in [4.69, 9.17) is 4.74 Å². The third-order valence-electron chi connectivity index (χ3n) is 17.5. The molecule has 1 aromatic carbocycles. The molecule has 48 heavy (non-hydrogen) atoms. The number of aliphatic hydroxyl groups is 1. The van der Waals surface area contributed by atoms with Gasteiger partial charge in [0.15, 0.2) is 5.79 Å². The molecule has 1 heterocycles. The van der Waals surface area contributed by atoms with E-state index in [-0.39, 0.29) is 39.1 Å². The largest absolute Gasteiger partial charge is 0.481 e. The molecule has 268 valence electrons. The van der Waals surface area contributed by atoms with E-state index in [2.05, 4.69) is 71.9 Å². The number of rotatable bonds is 10. The van der Waals surface area contributed by atoms with Gasteiger partial charge in [0.2, 0.25) is 0 Å². The molecule has 5 aliphatic carbocycles. The summed E-state index contributed by atoms with van der Waals surface area (Å²) in [4.78, 5) is 12.8. The van der Waals surface area contributed by atoms with Gasteiger partial charge in [0.25, 0.3) is 0 Å². The summed E-state index contributed by atoms with van der Waals surface area (Å²) in [5.74, 6) is 0.307. The number of unbranched alkanes of at least 4 members (excludes halogenated alkanes) is 3. The van der Waals surface area contributed by atoms with E-state index in [0.29, 0.717) is 17.8 Å². The van der Waals surface area contributed by atoms with Gasteiger partial charge in [-0.25, -0.2) is 0 Å². The Morgan fingerprint density at radius 3 is 2.25 bits per heavy atom. The van der Waals surface area contributed by atoms with E-state index in [1.54, 1.807) is 0 Å². The fourth-order valence-electron chi connectivity index (χ4n) is 15.1. The monoisotopic (exact) mass is 661 g/mol. The molecule has 0 radical (unpaired) electrons. The average molecular weight is 661 g/mol. The third-order valence-corrected chi connectivity index (χ3v) is 17.5. The van der Waals surface area contributed by atoms with Gasteiger partial charge in [0, 0.05) is 17.8 Å². The number of carbonyl (C=O) groups is 1. The van der Waals surface area contributed by atoms with Crippen molar-refractivity contribution in [2.75, 3.05) is 0 Å². The first-order chi connectivity index (χ1) is 22.8. The summed E-state index contributed by atoms with van der Waals surface area (Å²) in [6, 6.07) is 10.9. The standard InChI is InChI=1S/C44H68O4/c1-7-9-10-14-20-42-28-26-40(5)32(41(42,6)27-25-38(3)23-24-39(4,37(45)46)30-35(38)42)18-21-43-33(40)19-22-44(47,34(43)15-8-2)48-36(43)29-31-16-12-11-13-17-31/h11-13,16-17,32-36,47H,7-10,14-15,18-30H2,1-6H3,(H,45,46). The minimum Gasteiger partial charge on any atom is -0.481 e. The van der Waals surface area contributed by atoms with Gasteiger partial charge >= 0.3 is 5.97 Å². The van der Waals surface area contributed by atoms with Gasteiger partial charge < -0.3 is 14.9 Å². The highest BCUT2D eigenvalue weighted by Crippen LogP contribution is 2.81. The van der Waals surface area contributed by atoms with Crippen molar-refractivity contribution < 1.29 is 19.7 Å². The van der Waals surface area contributed by atoms with E-state index in [1.165, 1.54) is 76.2 Å². The number of hydrogen-bond acceptors (Lipinski definition) is 3. The fraction of sp³-hybridized carbons (Fsp3) is 0.841. The van der Waals surface area contributed by atoms with Crippen LogP contribution in [0.5, 0.6) is 0 Å². The lowest BCUT2D eigenvalue weighted by Crippen LogP contribution is -2.69. The van der Waals surface area contributed by atoms with E-state index in [0.717, 1.165) is 51.4 Å². The molecule has 2 bridgehead atoms. The predicted molar refractivity (Wildman–Crippen MR) is 193 cm³/mol. The first-order valence-electron chi connectivity index (χ1n) is 20.4. The van der Waals surface area contributed by atoms with Gasteiger partial charge in [-0.1, -0.05) is 97.1 Å². The summed E-state index contributed by atoms with van der Waals surface area (Å²) in [5.41, 5.74) is 1.59. The maximum atomic E-state index is 12.8. The Kier molecular flexibility index (Phi) is 8.83. The maximum Gasteiger partial charge on any atom is 0.309 e. The smallest absolute Gasteiger partial charge is 0.309 e. The molecule has 4 nitrogen and oxygen atoms in total. The van der Waals surface area contributed by atoms with Crippen LogP contribution in [0.15, 0.2) is 30.3 Å². The van der Waals surface area contributed by atoms with E-state index >= 15 is 0 Å². The number of carboxylic acids is 1. The molecule has 12 atom stereocenters. The second-order valence-corrected chi connectivity index (χ2v) is 19.4. The van der Waals surface area contributed by atoms with Crippen LogP contribution in [0.25, 0.3) is 0 Å². The molecule has 1 aromatic rings. The van der Waals surface area contributed by atoms with Crippen molar-refractivity contribution in [1.82, 2.24) is 0 Å². The molecule has 12 unspecified atom stereocenters. The molecule has 0 amide bonds. The molecule has 5 saturated carbocycles. The molecule has 1 saturated heterocycles. The highest BCUT2D eigenvalue weighted by molar-refractivity contribution is 5.74. The number of aliphatic carboxylic acids is 1. The molecule has 7 rings (SSSR count). The Morgan fingerprint density at radius 1 is 0.812 bits per heavy atom. The Bertz CT molecular complexity index is 1340. The fourth-order valence-corrected chi connectivity index (χ4v) is 15.1. The predicted octanol–water partition coefficient (Wildman–Crippen LogP) is 11.0. The summed E-state index contributed by atoms with van der Waals surface area (Å²) in [5, 5.41) is 22.8. The molecule has 2 N–H and O–H groups in total. The second kappa shape index (κ2) is 12.1. The van der Waals surface area contributed by atoms with Crippen LogP contribution in [0.4, 0.5) is 0 Å². The lowest BCUT2D eigenvalue weighted by Gasteiger charge is -2.75. The molecule has 0 aromatic heterocycles. The molecule has 4 heteroatoms. The van der Waals surface area contributed by atoms with Crippen molar-refractivity contribution in [2.45, 2.75) is 175 Å². The van der Waals surface area contributed by atoms with E-state index in [1.807, 2.05) is 0 Å². The van der Waals surface area contributed by atoms with Crippen LogP contribution in [0.1, 0.15) is 163 Å². The zero-order valence-corrected chi connectivity index (χ0v) is 31.4. The van der Waals surface area contributed by atoms with Crippen molar-refractivity contribution in [3.05, 3.63) is 35.9 Å². The van der Waals surface area contributed by atoms with Crippen molar-refractivity contribution in [1.29, 1.82) is 0 Å². The zero-order chi connectivity index (χ0) is 34.2. The lowest BCUT2D eigenvalue weighted by molar-refractivity contribution is -0.276. The normalized spacial score (nSPS) is 49.4. The van der Waals surface area contributed by atoms with Crippen LogP contribution in [0.2, 0.25) is 0 Å². The van der Waals surface area contributed by atoms with Crippen molar-refractivity contribution in [3.63, 3.8) is 0 Å². The van der Waals surface area contributed by atoms with Crippen LogP contribution in [0, 0.1) is 56.2 Å². The average Bonchev–Trinajstić information content (AvgIpc) is 3.18. The summed E-state index contributed by atoms with van der Waals surface area (Å²) < 4.78 is 6.98. The van der Waals surface area contributed by atoms with E-state index < -0.39 is 17.2 Å². The first kappa shape index (κ1) is 35.0. The van der Waals surface area contributed by atoms with Gasteiger partial charge in [-0.05, 0) is 135 Å². The van der Waals surface area contributed by atoms with Crippen LogP contribution in [-0.2, 0) is 16.0 Å². The number of carboxylic acid groups (broad SMARTS) is 1. The van der Waals surface area contributed by atoms with E-state index in [9.17, 15) is 15.0 Å². The van der Waals surface area contributed by atoms with Gasteiger partial charge in [-0.2, -0.15) is 0 Å². The van der Waals surface area contributed by atoms with Crippen LogP contribution >= 0.6 is 0 Å². The molecule has 6 aliphatic rings. The molecular weight excluding hydrogens is 592 g/mol. The Balaban J connectivity index is 1.30. The molecule has 6 fully saturated rings. The summed E-state index contributed by atoms with van der Waals surface area (Å²) in [6.45, 7) is 14.7. The van der Waals surface area contributed by atoms with Gasteiger partial charge in [-0.3, -0.25) is 4.79 Å². The Labute approximate surface area is 292 Å². The SMILES string of the molecule is CCCCCCC12CCC3(C)C4CCC5(O)OC(Cc6ccccc6)C4(CCC3C1(C)CCC1(C)CCC(C)(C(=O)O)CC12)C5CCC. The van der Waals surface area contributed by atoms with Crippen LogP contribution in [0.3, 0.4) is 0 Å². The van der Waals surface area contributed by atoms with Crippen LogP contribution < -0.4 is 0 Å². The van der Waals surface area contributed by atoms with Gasteiger partial charge in [0.1, 0.15) is 0 Å². The second-order valence-electron chi connectivity index (χ2n) is 19.4. The third kappa shape index (κ3) is 4.82. The van der Waals surface area contributed by atoms with Gasteiger partial charge in [0.05, 0.1) is 11.5 Å². The Hall–Kier alpha value is -1.39. The van der Waals surface area contributed by atoms with Crippen LogP contribution in [-0.4, -0.2) is 28.1 Å². The first-order valence-corrected chi connectivity index (χ1v) is 20.4. The number of ether oxygens (including phenoxy) is 1. The highest BCUT2D eigenvalue weighted by atomic mass is 16.6. The highest BCUT2D eigenvalue weighted by Gasteiger charge is 2.77. The molecular formula is C44H68O4. The van der Waals surface area contributed by atoms with Crippen molar-refractivity contribution >= 4 is 5.97 Å². The quantitative estimate of drug-likeness (QED) is 0.245. The minimum atomic E-state index is -0.993. The van der Waals surface area contributed by atoms with Crippen molar-refractivity contribution in [3.8, 4) is 0 Å². The number of fused-ring (bicyclic) bond motifs is 7. The number of hydrogen-bond donors (Lipinski definition) is 2. The number of benzene rings is 1. The summed E-state index contributed by atoms with van der Waals surface area (Å²) in [7, 11) is 0. The molecule has 1 spiro atoms. The maximum absolute atomic E-state index is 12.8. The Morgan fingerprint density at radius 2 is 1.54 bits per heavy atom. The zero-order valence-electron chi connectivity index (χ0n) is 31.4.